The molecule has 19 heavy (non-hydrogen) atoms. The molecule has 1 aliphatic heterocycles. The molecule has 0 radical (unpaired) electrons. The van der Waals surface area contributed by atoms with E-state index in [2.05, 4.69) is 24.2 Å². The van der Waals surface area contributed by atoms with Gasteiger partial charge in [-0.2, -0.15) is 0 Å². The molecule has 2 rings (SSSR count). The van der Waals surface area contributed by atoms with E-state index in [-0.39, 0.29) is 23.6 Å². The van der Waals surface area contributed by atoms with Gasteiger partial charge in [0.2, 0.25) is 5.91 Å². The van der Waals surface area contributed by atoms with Crippen molar-refractivity contribution in [2.75, 3.05) is 13.1 Å². The summed E-state index contributed by atoms with van der Waals surface area (Å²) in [6.45, 7) is 5.81. The van der Waals surface area contributed by atoms with E-state index >= 15 is 0 Å². The van der Waals surface area contributed by atoms with Gasteiger partial charge in [-0.05, 0) is 18.3 Å². The fourth-order valence-electron chi connectivity index (χ4n) is 2.35. The summed E-state index contributed by atoms with van der Waals surface area (Å²) in [5.41, 5.74) is -0.00514. The summed E-state index contributed by atoms with van der Waals surface area (Å²) >= 11 is 0. The number of aromatic carboxylic acids is 1. The molecule has 1 saturated heterocycles. The SMILES string of the molecule is CC1(C)CCCN(C(=O)Cn2cc(C(=O)O)nn2)C1. The summed E-state index contributed by atoms with van der Waals surface area (Å²) in [6.07, 6.45) is 3.38. The zero-order chi connectivity index (χ0) is 14.0. The first-order valence-corrected chi connectivity index (χ1v) is 6.29. The molecular weight excluding hydrogens is 248 g/mol. The van der Waals surface area contributed by atoms with Gasteiger partial charge in [-0.15, -0.1) is 5.10 Å². The first-order chi connectivity index (χ1) is 8.87. The van der Waals surface area contributed by atoms with Gasteiger partial charge in [-0.25, -0.2) is 9.48 Å². The smallest absolute Gasteiger partial charge is 0.358 e. The summed E-state index contributed by atoms with van der Waals surface area (Å²) in [5.74, 6) is -1.19. The number of amides is 1. The number of carboxylic acid groups (broad SMARTS) is 1. The molecule has 2 heterocycles. The van der Waals surface area contributed by atoms with Crippen LogP contribution in [-0.4, -0.2) is 50.0 Å². The third-order valence-corrected chi connectivity index (χ3v) is 3.31. The Morgan fingerprint density at radius 3 is 2.79 bits per heavy atom. The highest BCUT2D eigenvalue weighted by atomic mass is 16.4. The lowest BCUT2D eigenvalue weighted by Crippen LogP contribution is -2.44. The van der Waals surface area contributed by atoms with Crippen LogP contribution in [0.5, 0.6) is 0 Å². The second-order valence-electron chi connectivity index (χ2n) is 5.69. The van der Waals surface area contributed by atoms with E-state index in [0.29, 0.717) is 0 Å². The first kappa shape index (κ1) is 13.5. The Balaban J connectivity index is 1.98. The third kappa shape index (κ3) is 3.30. The van der Waals surface area contributed by atoms with Crippen molar-refractivity contribution < 1.29 is 14.7 Å². The lowest BCUT2D eigenvalue weighted by Gasteiger charge is -2.38. The normalized spacial score (nSPS) is 18.3. The molecule has 104 valence electrons. The van der Waals surface area contributed by atoms with Crippen LogP contribution in [0.25, 0.3) is 0 Å². The minimum absolute atomic E-state index is 0.0381. The number of piperidine rings is 1. The highest BCUT2D eigenvalue weighted by molar-refractivity contribution is 5.84. The van der Waals surface area contributed by atoms with Gasteiger partial charge in [-0.1, -0.05) is 19.1 Å². The topological polar surface area (TPSA) is 88.3 Å². The van der Waals surface area contributed by atoms with Gasteiger partial charge in [0.25, 0.3) is 0 Å². The first-order valence-electron chi connectivity index (χ1n) is 6.29. The van der Waals surface area contributed by atoms with Crippen LogP contribution in [-0.2, 0) is 11.3 Å². The second-order valence-corrected chi connectivity index (χ2v) is 5.69. The van der Waals surface area contributed by atoms with E-state index in [4.69, 9.17) is 5.11 Å². The highest BCUT2D eigenvalue weighted by Crippen LogP contribution is 2.28. The van der Waals surface area contributed by atoms with Crippen LogP contribution in [0.1, 0.15) is 37.2 Å². The van der Waals surface area contributed by atoms with E-state index < -0.39 is 5.97 Å². The molecule has 1 aromatic rings. The molecule has 0 bridgehead atoms. The molecular formula is C12H18N4O3. The molecule has 7 nitrogen and oxygen atoms in total. The van der Waals surface area contributed by atoms with Gasteiger partial charge in [-0.3, -0.25) is 4.79 Å². The average molecular weight is 266 g/mol. The van der Waals surface area contributed by atoms with Crippen molar-refractivity contribution in [3.63, 3.8) is 0 Å². The van der Waals surface area contributed by atoms with Crippen LogP contribution < -0.4 is 0 Å². The molecule has 7 heteroatoms. The second kappa shape index (κ2) is 4.99. The van der Waals surface area contributed by atoms with Crippen molar-refractivity contribution in [3.05, 3.63) is 11.9 Å². The molecule has 0 aromatic carbocycles. The molecule has 1 amide bonds. The molecule has 1 aromatic heterocycles. The van der Waals surface area contributed by atoms with E-state index in [1.54, 1.807) is 0 Å². The van der Waals surface area contributed by atoms with E-state index in [0.717, 1.165) is 25.9 Å². The van der Waals surface area contributed by atoms with Crippen LogP contribution in [0.3, 0.4) is 0 Å². The lowest BCUT2D eigenvalue weighted by atomic mass is 9.84. The molecule has 1 N–H and O–H groups in total. The quantitative estimate of drug-likeness (QED) is 0.866. The minimum Gasteiger partial charge on any atom is -0.476 e. The van der Waals surface area contributed by atoms with Gasteiger partial charge >= 0.3 is 5.97 Å². The number of carbonyl (C=O) groups is 2. The van der Waals surface area contributed by atoms with Crippen molar-refractivity contribution in [1.82, 2.24) is 19.9 Å². The van der Waals surface area contributed by atoms with Crippen LogP contribution in [0.4, 0.5) is 0 Å². The molecule has 0 atom stereocenters. The van der Waals surface area contributed by atoms with E-state index in [1.165, 1.54) is 10.9 Å². The number of carbonyl (C=O) groups excluding carboxylic acids is 1. The van der Waals surface area contributed by atoms with Gasteiger partial charge < -0.3 is 10.0 Å². The number of carboxylic acids is 1. The molecule has 0 unspecified atom stereocenters. The Hall–Kier alpha value is -1.92. The van der Waals surface area contributed by atoms with Crippen molar-refractivity contribution in [1.29, 1.82) is 0 Å². The Kier molecular flexibility index (Phi) is 3.55. The van der Waals surface area contributed by atoms with Crippen molar-refractivity contribution in [2.24, 2.45) is 5.41 Å². The van der Waals surface area contributed by atoms with Gasteiger partial charge in [0.05, 0.1) is 6.20 Å². The fourth-order valence-corrected chi connectivity index (χ4v) is 2.35. The zero-order valence-electron chi connectivity index (χ0n) is 11.2. The maximum absolute atomic E-state index is 12.1. The van der Waals surface area contributed by atoms with Crippen LogP contribution in [0.2, 0.25) is 0 Å². The van der Waals surface area contributed by atoms with Crippen molar-refractivity contribution in [2.45, 2.75) is 33.2 Å². The van der Waals surface area contributed by atoms with E-state index in [9.17, 15) is 9.59 Å². The van der Waals surface area contributed by atoms with Crippen LogP contribution in [0.15, 0.2) is 6.20 Å². The fraction of sp³-hybridized carbons (Fsp3) is 0.667. The van der Waals surface area contributed by atoms with Crippen LogP contribution in [0, 0.1) is 5.41 Å². The zero-order valence-corrected chi connectivity index (χ0v) is 11.2. The predicted molar refractivity (Wildman–Crippen MR) is 66.6 cm³/mol. The number of rotatable bonds is 3. The Labute approximate surface area is 111 Å². The van der Waals surface area contributed by atoms with Crippen molar-refractivity contribution >= 4 is 11.9 Å². The van der Waals surface area contributed by atoms with Crippen molar-refractivity contribution in [3.8, 4) is 0 Å². The summed E-state index contributed by atoms with van der Waals surface area (Å²) in [5, 5.41) is 15.9. The maximum atomic E-state index is 12.1. The number of hydrogen-bond acceptors (Lipinski definition) is 4. The molecule has 0 spiro atoms. The van der Waals surface area contributed by atoms with Gasteiger partial charge in [0.1, 0.15) is 6.54 Å². The molecule has 0 saturated carbocycles. The Morgan fingerprint density at radius 2 is 2.21 bits per heavy atom. The van der Waals surface area contributed by atoms with Crippen LogP contribution >= 0.6 is 0 Å². The third-order valence-electron chi connectivity index (χ3n) is 3.31. The number of aromatic nitrogens is 3. The highest BCUT2D eigenvalue weighted by Gasteiger charge is 2.29. The summed E-state index contributed by atoms with van der Waals surface area (Å²) in [4.78, 5) is 24.6. The number of hydrogen-bond donors (Lipinski definition) is 1. The minimum atomic E-state index is -1.14. The largest absolute Gasteiger partial charge is 0.476 e. The molecule has 1 aliphatic rings. The Bertz CT molecular complexity index is 495. The summed E-state index contributed by atoms with van der Waals surface area (Å²) in [6, 6.07) is 0. The molecule has 1 fully saturated rings. The average Bonchev–Trinajstić information content (AvgIpc) is 2.76. The monoisotopic (exact) mass is 266 g/mol. The standard InChI is InChI=1S/C12H18N4O3/c1-12(2)4-3-5-15(8-12)10(17)7-16-6-9(11(18)19)13-14-16/h6H,3-5,7-8H2,1-2H3,(H,18,19). The Morgan fingerprint density at radius 1 is 1.47 bits per heavy atom. The number of likely N-dealkylation sites (tertiary alicyclic amines) is 1. The van der Waals surface area contributed by atoms with E-state index in [1.807, 2.05) is 4.90 Å². The van der Waals surface area contributed by atoms with Gasteiger partial charge in [0, 0.05) is 13.1 Å². The lowest BCUT2D eigenvalue weighted by molar-refractivity contribution is -0.135. The summed E-state index contributed by atoms with van der Waals surface area (Å²) < 4.78 is 1.27. The maximum Gasteiger partial charge on any atom is 0.358 e. The number of nitrogens with zero attached hydrogens (tertiary/aromatic N) is 4. The molecule has 0 aliphatic carbocycles. The predicted octanol–water partition coefficient (Wildman–Crippen LogP) is 0.625. The van der Waals surface area contributed by atoms with Gasteiger partial charge in [0.15, 0.2) is 5.69 Å². The summed E-state index contributed by atoms with van der Waals surface area (Å²) in [7, 11) is 0.